The Labute approximate surface area is 89.5 Å². The largest absolute Gasteiger partial charge is 0.475 e. The van der Waals surface area contributed by atoms with E-state index in [9.17, 15) is 9.18 Å². The molecule has 5 nitrogen and oxygen atoms in total. The minimum atomic E-state index is -1.24. The van der Waals surface area contributed by atoms with Crippen LogP contribution in [-0.4, -0.2) is 21.2 Å². The molecule has 0 spiro atoms. The van der Waals surface area contributed by atoms with Crippen LogP contribution in [0.2, 0.25) is 0 Å². The number of halogens is 1. The van der Waals surface area contributed by atoms with Gasteiger partial charge in [-0.1, -0.05) is 12.1 Å². The van der Waals surface area contributed by atoms with Crippen molar-refractivity contribution in [1.82, 2.24) is 10.1 Å². The zero-order chi connectivity index (χ0) is 11.5. The summed E-state index contributed by atoms with van der Waals surface area (Å²) in [7, 11) is 0. The minimum absolute atomic E-state index is 0.184. The van der Waals surface area contributed by atoms with Crippen molar-refractivity contribution in [2.75, 3.05) is 0 Å². The Morgan fingerprint density at radius 1 is 1.38 bits per heavy atom. The second-order valence-corrected chi connectivity index (χ2v) is 3.12. The highest BCUT2D eigenvalue weighted by Crippen LogP contribution is 2.08. The van der Waals surface area contributed by atoms with Gasteiger partial charge in [0.05, 0.1) is 6.42 Å². The Hall–Kier alpha value is -2.24. The van der Waals surface area contributed by atoms with E-state index in [1.54, 1.807) is 12.1 Å². The molecule has 2 aromatic rings. The van der Waals surface area contributed by atoms with Crippen molar-refractivity contribution < 1.29 is 18.8 Å². The first-order valence-corrected chi connectivity index (χ1v) is 4.45. The number of carboxylic acid groups (broad SMARTS) is 1. The average molecular weight is 222 g/mol. The van der Waals surface area contributed by atoms with Crippen molar-refractivity contribution in [1.29, 1.82) is 0 Å². The lowest BCUT2D eigenvalue weighted by atomic mass is 10.1. The molecule has 0 saturated heterocycles. The van der Waals surface area contributed by atoms with E-state index in [0.717, 1.165) is 5.56 Å². The fourth-order valence-corrected chi connectivity index (χ4v) is 1.19. The molecule has 0 amide bonds. The third kappa shape index (κ3) is 2.22. The predicted octanol–water partition coefficient (Wildman–Crippen LogP) is 1.50. The van der Waals surface area contributed by atoms with E-state index in [1.807, 2.05) is 0 Å². The number of hydrogen-bond donors (Lipinski definition) is 1. The number of carboxylic acids is 1. The molecular weight excluding hydrogens is 215 g/mol. The molecular formula is C10H7FN2O3. The van der Waals surface area contributed by atoms with Crippen LogP contribution >= 0.6 is 0 Å². The van der Waals surface area contributed by atoms with Crippen LogP contribution in [0.1, 0.15) is 22.1 Å². The van der Waals surface area contributed by atoms with Crippen LogP contribution in [0.5, 0.6) is 0 Å². The van der Waals surface area contributed by atoms with Crippen LogP contribution in [0.15, 0.2) is 28.8 Å². The first-order chi connectivity index (χ1) is 7.65. The molecule has 6 heteroatoms. The van der Waals surface area contributed by atoms with Gasteiger partial charge in [-0.05, 0) is 22.9 Å². The number of benzene rings is 1. The second-order valence-electron chi connectivity index (χ2n) is 3.12. The van der Waals surface area contributed by atoms with E-state index in [-0.39, 0.29) is 24.0 Å². The molecule has 0 aliphatic rings. The normalized spacial score (nSPS) is 10.3. The van der Waals surface area contributed by atoms with E-state index in [1.165, 1.54) is 12.1 Å². The number of carbonyl (C=O) groups is 1. The van der Waals surface area contributed by atoms with Crippen molar-refractivity contribution in [3.8, 4) is 0 Å². The lowest BCUT2D eigenvalue weighted by Crippen LogP contribution is -1.99. The summed E-state index contributed by atoms with van der Waals surface area (Å²) in [5.41, 5.74) is 0.766. The highest BCUT2D eigenvalue weighted by molar-refractivity contribution is 5.82. The summed E-state index contributed by atoms with van der Waals surface area (Å²) in [6, 6.07) is 5.76. The van der Waals surface area contributed by atoms with E-state index in [4.69, 9.17) is 9.63 Å². The van der Waals surface area contributed by atoms with Crippen LogP contribution in [0.25, 0.3) is 0 Å². The second kappa shape index (κ2) is 4.09. The van der Waals surface area contributed by atoms with Gasteiger partial charge in [-0.2, -0.15) is 4.98 Å². The van der Waals surface area contributed by atoms with Gasteiger partial charge in [-0.15, -0.1) is 0 Å². The molecule has 82 valence electrons. The van der Waals surface area contributed by atoms with Crippen LogP contribution in [0, 0.1) is 5.82 Å². The van der Waals surface area contributed by atoms with E-state index in [0.29, 0.717) is 0 Å². The number of nitrogens with zero attached hydrogens (tertiary/aromatic N) is 2. The smallest absolute Gasteiger partial charge is 0.377 e. The molecule has 1 heterocycles. The fourth-order valence-electron chi connectivity index (χ4n) is 1.19. The molecule has 0 unspecified atom stereocenters. The molecule has 0 aliphatic carbocycles. The molecule has 0 saturated carbocycles. The molecule has 1 N–H and O–H groups in total. The Balaban J connectivity index is 2.14. The minimum Gasteiger partial charge on any atom is -0.475 e. The Morgan fingerprint density at radius 2 is 2.06 bits per heavy atom. The maximum Gasteiger partial charge on any atom is 0.377 e. The maximum absolute atomic E-state index is 12.6. The van der Waals surface area contributed by atoms with Gasteiger partial charge >= 0.3 is 5.97 Å². The molecule has 16 heavy (non-hydrogen) atoms. The molecule has 0 radical (unpaired) electrons. The lowest BCUT2D eigenvalue weighted by molar-refractivity contribution is 0.0680. The van der Waals surface area contributed by atoms with Gasteiger partial charge in [0.2, 0.25) is 5.89 Å². The third-order valence-corrected chi connectivity index (χ3v) is 1.93. The molecule has 1 aromatic carbocycles. The average Bonchev–Trinajstić information content (AvgIpc) is 2.70. The Bertz CT molecular complexity index is 507. The van der Waals surface area contributed by atoms with Crippen LogP contribution in [0.3, 0.4) is 0 Å². The van der Waals surface area contributed by atoms with Gasteiger partial charge in [0.15, 0.2) is 0 Å². The highest BCUT2D eigenvalue weighted by Gasteiger charge is 2.12. The summed E-state index contributed by atoms with van der Waals surface area (Å²) in [6.07, 6.45) is 0.278. The van der Waals surface area contributed by atoms with E-state index in [2.05, 4.69) is 10.1 Å². The predicted molar refractivity (Wildman–Crippen MR) is 50.5 cm³/mol. The van der Waals surface area contributed by atoms with Crippen LogP contribution in [0.4, 0.5) is 4.39 Å². The molecule has 2 rings (SSSR count). The monoisotopic (exact) mass is 222 g/mol. The van der Waals surface area contributed by atoms with E-state index >= 15 is 0 Å². The summed E-state index contributed by atoms with van der Waals surface area (Å²) in [4.78, 5) is 14.1. The highest BCUT2D eigenvalue weighted by atomic mass is 19.1. The summed E-state index contributed by atoms with van der Waals surface area (Å²) in [6.45, 7) is 0. The van der Waals surface area contributed by atoms with Gasteiger partial charge in [0, 0.05) is 0 Å². The Kier molecular flexibility index (Phi) is 2.63. The maximum atomic E-state index is 12.6. The van der Waals surface area contributed by atoms with Crippen molar-refractivity contribution in [2.45, 2.75) is 6.42 Å². The number of hydrogen-bond acceptors (Lipinski definition) is 4. The van der Waals surface area contributed by atoms with Crippen molar-refractivity contribution in [3.63, 3.8) is 0 Å². The zero-order valence-electron chi connectivity index (χ0n) is 8.05. The number of rotatable bonds is 3. The first-order valence-electron chi connectivity index (χ1n) is 4.45. The molecule has 0 bridgehead atoms. The van der Waals surface area contributed by atoms with Crippen LogP contribution < -0.4 is 0 Å². The topological polar surface area (TPSA) is 76.2 Å². The van der Waals surface area contributed by atoms with Gasteiger partial charge < -0.3 is 9.63 Å². The molecule has 0 aliphatic heterocycles. The third-order valence-electron chi connectivity index (χ3n) is 1.93. The summed E-state index contributed by atoms with van der Waals surface area (Å²) < 4.78 is 17.3. The van der Waals surface area contributed by atoms with Gasteiger partial charge in [0.1, 0.15) is 5.82 Å². The van der Waals surface area contributed by atoms with Gasteiger partial charge in [-0.3, -0.25) is 0 Å². The van der Waals surface area contributed by atoms with Crippen molar-refractivity contribution in [2.24, 2.45) is 0 Å². The quantitative estimate of drug-likeness (QED) is 0.851. The molecule has 0 fully saturated rings. The molecule has 0 atom stereocenters. The first kappa shape index (κ1) is 10.3. The van der Waals surface area contributed by atoms with Gasteiger partial charge in [-0.25, -0.2) is 9.18 Å². The fraction of sp³-hybridized carbons (Fsp3) is 0.100. The summed E-state index contributed by atoms with van der Waals surface area (Å²) >= 11 is 0. The summed E-state index contributed by atoms with van der Waals surface area (Å²) in [5.74, 6) is -1.77. The number of aromatic nitrogens is 2. The van der Waals surface area contributed by atoms with Gasteiger partial charge in [0.25, 0.3) is 5.82 Å². The standard InChI is InChI=1S/C10H7FN2O3/c11-7-3-1-6(2-4-7)5-8-12-9(10(14)15)13-16-8/h1-4H,5H2,(H,14,15). The SMILES string of the molecule is O=C(O)c1noc(Cc2ccc(F)cc2)n1. The van der Waals surface area contributed by atoms with Crippen LogP contribution in [-0.2, 0) is 6.42 Å². The van der Waals surface area contributed by atoms with Crippen molar-refractivity contribution in [3.05, 3.63) is 47.4 Å². The lowest BCUT2D eigenvalue weighted by Gasteiger charge is -1.95. The van der Waals surface area contributed by atoms with Crippen molar-refractivity contribution >= 4 is 5.97 Å². The van der Waals surface area contributed by atoms with E-state index < -0.39 is 5.97 Å². The Morgan fingerprint density at radius 3 is 2.62 bits per heavy atom. The zero-order valence-corrected chi connectivity index (χ0v) is 8.05. The molecule has 1 aromatic heterocycles. The summed E-state index contributed by atoms with van der Waals surface area (Å²) in [5, 5.41) is 11.8. The number of aromatic carboxylic acids is 1.